The average molecular weight is 265 g/mol. The third-order valence-corrected chi connectivity index (χ3v) is 3.61. The number of ether oxygens (including phenoxy) is 1. The van der Waals surface area contributed by atoms with Crippen molar-refractivity contribution >= 4 is 11.8 Å². The van der Waals surface area contributed by atoms with Crippen LogP contribution >= 0.6 is 0 Å². The summed E-state index contributed by atoms with van der Waals surface area (Å²) in [7, 11) is 0. The minimum absolute atomic E-state index is 0.191. The number of nitrogens with one attached hydrogen (secondary N) is 1. The zero-order chi connectivity index (χ0) is 13.9. The highest BCUT2D eigenvalue weighted by Crippen LogP contribution is 2.46. The fraction of sp³-hybridized carbons (Fsp3) is 0.769. The molecular weight excluding hydrogens is 246 g/mol. The van der Waals surface area contributed by atoms with Crippen LogP contribution in [0.15, 0.2) is 0 Å². The van der Waals surface area contributed by atoms with E-state index >= 15 is 0 Å². The van der Waals surface area contributed by atoms with Crippen LogP contribution in [0.1, 0.15) is 26.2 Å². The third-order valence-electron chi connectivity index (χ3n) is 3.61. The molecule has 0 aromatic heterocycles. The van der Waals surface area contributed by atoms with Gasteiger partial charge in [0.15, 0.2) is 0 Å². The monoisotopic (exact) mass is 265 g/mol. The largest absolute Gasteiger partial charge is 0.377 e. The van der Waals surface area contributed by atoms with E-state index in [9.17, 15) is 9.59 Å². The van der Waals surface area contributed by atoms with Crippen LogP contribution in [-0.2, 0) is 14.3 Å². The summed E-state index contributed by atoms with van der Waals surface area (Å²) >= 11 is 0. The maximum atomic E-state index is 12.4. The van der Waals surface area contributed by atoms with E-state index in [-0.39, 0.29) is 18.4 Å². The van der Waals surface area contributed by atoms with Crippen molar-refractivity contribution in [3.8, 4) is 6.07 Å². The Morgan fingerprint density at radius 2 is 2.26 bits per heavy atom. The number of carbonyl (C=O) groups excluding carboxylic acids is 2. The average Bonchev–Trinajstić information content (AvgIpc) is 3.25. The minimum Gasteiger partial charge on any atom is -0.377 e. The van der Waals surface area contributed by atoms with Gasteiger partial charge in [-0.2, -0.15) is 5.26 Å². The Kier molecular flexibility index (Phi) is 4.05. The number of nitrogens with zero attached hydrogens (tertiary/aromatic N) is 2. The van der Waals surface area contributed by atoms with Gasteiger partial charge in [0, 0.05) is 13.1 Å². The summed E-state index contributed by atoms with van der Waals surface area (Å²) < 4.78 is 5.29. The van der Waals surface area contributed by atoms with Gasteiger partial charge in [-0.25, -0.2) is 0 Å². The Labute approximate surface area is 112 Å². The van der Waals surface area contributed by atoms with Crippen LogP contribution in [-0.4, -0.2) is 49.1 Å². The first-order chi connectivity index (χ1) is 9.14. The maximum Gasteiger partial charge on any atom is 0.245 e. The second-order valence-electron chi connectivity index (χ2n) is 5.07. The first kappa shape index (κ1) is 13.8. The molecule has 2 rings (SSSR count). The van der Waals surface area contributed by atoms with E-state index < -0.39 is 11.5 Å². The SMILES string of the molecule is CCCNC(=O)C1COCCN1C(=O)C1(C#N)CC1. The number of carbonyl (C=O) groups is 2. The van der Waals surface area contributed by atoms with E-state index in [4.69, 9.17) is 10.00 Å². The fourth-order valence-corrected chi connectivity index (χ4v) is 2.20. The molecule has 104 valence electrons. The van der Waals surface area contributed by atoms with Crippen LogP contribution < -0.4 is 5.32 Å². The number of rotatable bonds is 4. The zero-order valence-corrected chi connectivity index (χ0v) is 11.1. The second kappa shape index (κ2) is 5.57. The maximum absolute atomic E-state index is 12.4. The standard InChI is InChI=1S/C13H19N3O3/c1-2-5-15-11(17)10-8-19-7-6-16(10)12(18)13(9-14)3-4-13/h10H,2-8H2,1H3,(H,15,17). The van der Waals surface area contributed by atoms with Crippen LogP contribution in [0.3, 0.4) is 0 Å². The Balaban J connectivity index is 2.06. The lowest BCUT2D eigenvalue weighted by Crippen LogP contribution is -2.57. The molecule has 0 aromatic carbocycles. The summed E-state index contributed by atoms with van der Waals surface area (Å²) in [5, 5.41) is 11.9. The van der Waals surface area contributed by atoms with Gasteiger partial charge in [-0.1, -0.05) is 6.92 Å². The Morgan fingerprint density at radius 3 is 2.84 bits per heavy atom. The van der Waals surface area contributed by atoms with Gasteiger partial charge < -0.3 is 15.0 Å². The van der Waals surface area contributed by atoms with Gasteiger partial charge in [-0.15, -0.1) is 0 Å². The summed E-state index contributed by atoms with van der Waals surface area (Å²) in [6.07, 6.45) is 2.04. The quantitative estimate of drug-likeness (QED) is 0.778. The van der Waals surface area contributed by atoms with Gasteiger partial charge in [0.2, 0.25) is 11.8 Å². The molecule has 6 heteroatoms. The highest BCUT2D eigenvalue weighted by atomic mass is 16.5. The molecule has 1 saturated carbocycles. The first-order valence-corrected chi connectivity index (χ1v) is 6.72. The molecule has 6 nitrogen and oxygen atoms in total. The van der Waals surface area contributed by atoms with Gasteiger partial charge in [0.1, 0.15) is 11.5 Å². The van der Waals surface area contributed by atoms with Gasteiger partial charge in [0.25, 0.3) is 0 Å². The molecule has 1 aliphatic carbocycles. The molecule has 1 unspecified atom stereocenters. The number of amides is 2. The van der Waals surface area contributed by atoms with Crippen molar-refractivity contribution in [1.29, 1.82) is 5.26 Å². The number of nitriles is 1. The van der Waals surface area contributed by atoms with Crippen LogP contribution in [0.2, 0.25) is 0 Å². The summed E-state index contributed by atoms with van der Waals surface area (Å²) in [4.78, 5) is 25.9. The normalized spacial score (nSPS) is 24.4. The van der Waals surface area contributed by atoms with Crippen molar-refractivity contribution in [2.24, 2.45) is 5.41 Å². The van der Waals surface area contributed by atoms with Gasteiger partial charge >= 0.3 is 0 Å². The Bertz CT molecular complexity index is 412. The third kappa shape index (κ3) is 2.71. The summed E-state index contributed by atoms with van der Waals surface area (Å²) in [5.74, 6) is -0.404. The van der Waals surface area contributed by atoms with E-state index in [2.05, 4.69) is 11.4 Å². The second-order valence-corrected chi connectivity index (χ2v) is 5.07. The van der Waals surface area contributed by atoms with Crippen molar-refractivity contribution in [3.63, 3.8) is 0 Å². The van der Waals surface area contributed by atoms with Crippen LogP contribution in [0.5, 0.6) is 0 Å². The lowest BCUT2D eigenvalue weighted by Gasteiger charge is -2.35. The molecule has 1 atom stereocenters. The van der Waals surface area contributed by atoms with Crippen molar-refractivity contribution in [3.05, 3.63) is 0 Å². The summed E-state index contributed by atoms with van der Waals surface area (Å²) in [6, 6.07) is 1.49. The van der Waals surface area contributed by atoms with Gasteiger partial charge in [-0.3, -0.25) is 9.59 Å². The molecule has 1 aliphatic heterocycles. The molecule has 2 fully saturated rings. The predicted molar refractivity (Wildman–Crippen MR) is 66.9 cm³/mol. The van der Waals surface area contributed by atoms with Crippen LogP contribution in [0, 0.1) is 16.7 Å². The smallest absolute Gasteiger partial charge is 0.245 e. The van der Waals surface area contributed by atoms with Gasteiger partial charge in [-0.05, 0) is 19.3 Å². The molecule has 1 heterocycles. The summed E-state index contributed by atoms with van der Waals surface area (Å²) in [5.41, 5.74) is -0.874. The van der Waals surface area contributed by atoms with Crippen LogP contribution in [0.4, 0.5) is 0 Å². The number of hydrogen-bond acceptors (Lipinski definition) is 4. The molecule has 0 radical (unpaired) electrons. The van der Waals surface area contributed by atoms with Gasteiger partial charge in [0.05, 0.1) is 19.3 Å². The topological polar surface area (TPSA) is 82.4 Å². The molecular formula is C13H19N3O3. The van der Waals surface area contributed by atoms with Crippen LogP contribution in [0.25, 0.3) is 0 Å². The highest BCUT2D eigenvalue weighted by Gasteiger charge is 2.54. The van der Waals surface area contributed by atoms with E-state index in [1.165, 1.54) is 4.90 Å². The molecule has 2 aliphatic rings. The van der Waals surface area contributed by atoms with Crippen molar-refractivity contribution in [2.75, 3.05) is 26.3 Å². The molecule has 2 amide bonds. The molecule has 1 saturated heterocycles. The minimum atomic E-state index is -0.874. The van der Waals surface area contributed by atoms with Crippen molar-refractivity contribution < 1.29 is 14.3 Å². The van der Waals surface area contributed by atoms with E-state index in [1.54, 1.807) is 0 Å². The Hall–Kier alpha value is -1.61. The van der Waals surface area contributed by atoms with Crippen molar-refractivity contribution in [2.45, 2.75) is 32.2 Å². The lowest BCUT2D eigenvalue weighted by atomic mass is 10.1. The Morgan fingerprint density at radius 1 is 1.53 bits per heavy atom. The summed E-state index contributed by atoms with van der Waals surface area (Å²) in [6.45, 7) is 3.57. The lowest BCUT2D eigenvalue weighted by molar-refractivity contribution is -0.151. The van der Waals surface area contributed by atoms with E-state index in [0.717, 1.165) is 6.42 Å². The predicted octanol–water partition coefficient (Wildman–Crippen LogP) is 0.0438. The van der Waals surface area contributed by atoms with E-state index in [1.807, 2.05) is 6.92 Å². The first-order valence-electron chi connectivity index (χ1n) is 6.72. The number of hydrogen-bond donors (Lipinski definition) is 1. The molecule has 0 aromatic rings. The number of morpholine rings is 1. The van der Waals surface area contributed by atoms with Crippen molar-refractivity contribution in [1.82, 2.24) is 10.2 Å². The van der Waals surface area contributed by atoms with E-state index in [0.29, 0.717) is 32.5 Å². The zero-order valence-electron chi connectivity index (χ0n) is 11.1. The molecule has 19 heavy (non-hydrogen) atoms. The molecule has 0 spiro atoms. The molecule has 1 N–H and O–H groups in total. The highest BCUT2D eigenvalue weighted by molar-refractivity contribution is 5.93. The molecule has 0 bridgehead atoms. The fourth-order valence-electron chi connectivity index (χ4n) is 2.20.